The minimum Gasteiger partial charge on any atom is -0.438 e. The van der Waals surface area contributed by atoms with E-state index in [2.05, 4.69) is 9.97 Å². The van der Waals surface area contributed by atoms with E-state index in [4.69, 9.17) is 16.3 Å². The molecular formula is C12H11ClN2O3S. The third-order valence-corrected chi connectivity index (χ3v) is 3.70. The molecule has 19 heavy (non-hydrogen) atoms. The SMILES string of the molecule is CS(=O)(=O)c1ccc(Oc2cnc(CCl)cn2)cc1. The smallest absolute Gasteiger partial charge is 0.237 e. The summed E-state index contributed by atoms with van der Waals surface area (Å²) in [7, 11) is -3.20. The van der Waals surface area contributed by atoms with Crippen LogP contribution in [0.2, 0.25) is 0 Å². The van der Waals surface area contributed by atoms with Crippen LogP contribution in [0.4, 0.5) is 0 Å². The van der Waals surface area contributed by atoms with Crippen LogP contribution >= 0.6 is 11.6 Å². The Morgan fingerprint density at radius 1 is 1.16 bits per heavy atom. The fourth-order valence-corrected chi connectivity index (χ4v) is 2.11. The Labute approximate surface area is 116 Å². The van der Waals surface area contributed by atoms with E-state index in [1.807, 2.05) is 0 Å². The molecule has 1 aromatic heterocycles. The van der Waals surface area contributed by atoms with E-state index in [0.29, 0.717) is 17.3 Å². The molecule has 0 aliphatic rings. The van der Waals surface area contributed by atoms with E-state index >= 15 is 0 Å². The van der Waals surface area contributed by atoms with Gasteiger partial charge in [0.15, 0.2) is 9.84 Å². The number of ether oxygens (including phenoxy) is 1. The lowest BCUT2D eigenvalue weighted by atomic mass is 10.3. The fraction of sp³-hybridized carbons (Fsp3) is 0.167. The highest BCUT2D eigenvalue weighted by atomic mass is 35.5. The molecule has 0 saturated carbocycles. The first-order chi connectivity index (χ1) is 8.99. The van der Waals surface area contributed by atoms with Crippen molar-refractivity contribution in [1.82, 2.24) is 9.97 Å². The number of nitrogens with zero attached hydrogens (tertiary/aromatic N) is 2. The third-order valence-electron chi connectivity index (χ3n) is 2.29. The summed E-state index contributed by atoms with van der Waals surface area (Å²) in [5, 5.41) is 0. The van der Waals surface area contributed by atoms with E-state index in [1.165, 1.54) is 24.5 Å². The zero-order valence-electron chi connectivity index (χ0n) is 10.1. The maximum Gasteiger partial charge on any atom is 0.237 e. The molecule has 0 bridgehead atoms. The first-order valence-corrected chi connectivity index (χ1v) is 7.76. The van der Waals surface area contributed by atoms with Crippen molar-refractivity contribution in [3.05, 3.63) is 42.4 Å². The zero-order chi connectivity index (χ0) is 13.9. The van der Waals surface area contributed by atoms with Gasteiger partial charge in [0.1, 0.15) is 5.75 Å². The Balaban J connectivity index is 2.15. The molecule has 0 radical (unpaired) electrons. The summed E-state index contributed by atoms with van der Waals surface area (Å²) in [6, 6.07) is 6.08. The van der Waals surface area contributed by atoms with Gasteiger partial charge in [0.2, 0.25) is 5.88 Å². The first kappa shape index (κ1) is 13.8. The van der Waals surface area contributed by atoms with Gasteiger partial charge in [-0.15, -0.1) is 11.6 Å². The number of sulfone groups is 1. The molecule has 0 N–H and O–H groups in total. The number of aromatic nitrogens is 2. The van der Waals surface area contributed by atoms with Crippen molar-refractivity contribution in [2.45, 2.75) is 10.8 Å². The summed E-state index contributed by atoms with van der Waals surface area (Å²) < 4.78 is 28.0. The normalized spacial score (nSPS) is 11.3. The molecule has 0 spiro atoms. The molecule has 0 amide bonds. The van der Waals surface area contributed by atoms with Gasteiger partial charge in [-0.25, -0.2) is 13.4 Å². The van der Waals surface area contributed by atoms with Crippen LogP contribution in [0.1, 0.15) is 5.69 Å². The third kappa shape index (κ3) is 3.65. The highest BCUT2D eigenvalue weighted by Gasteiger charge is 2.07. The predicted octanol–water partition coefficient (Wildman–Crippen LogP) is 2.41. The van der Waals surface area contributed by atoms with Crippen molar-refractivity contribution in [3.63, 3.8) is 0 Å². The second-order valence-electron chi connectivity index (χ2n) is 3.83. The lowest BCUT2D eigenvalue weighted by Gasteiger charge is -2.05. The molecular weight excluding hydrogens is 288 g/mol. The van der Waals surface area contributed by atoms with Gasteiger partial charge >= 0.3 is 0 Å². The van der Waals surface area contributed by atoms with E-state index in [9.17, 15) is 8.42 Å². The van der Waals surface area contributed by atoms with Gasteiger partial charge in [0, 0.05) is 6.26 Å². The molecule has 7 heteroatoms. The molecule has 0 unspecified atom stereocenters. The minimum atomic E-state index is -3.20. The van der Waals surface area contributed by atoms with Crippen molar-refractivity contribution in [3.8, 4) is 11.6 Å². The van der Waals surface area contributed by atoms with Gasteiger partial charge in [-0.2, -0.15) is 0 Å². The first-order valence-electron chi connectivity index (χ1n) is 5.34. The zero-order valence-corrected chi connectivity index (χ0v) is 11.6. The average Bonchev–Trinajstić information content (AvgIpc) is 2.39. The number of halogens is 1. The van der Waals surface area contributed by atoms with Crippen molar-refractivity contribution < 1.29 is 13.2 Å². The number of hydrogen-bond acceptors (Lipinski definition) is 5. The Morgan fingerprint density at radius 2 is 1.84 bits per heavy atom. The fourth-order valence-electron chi connectivity index (χ4n) is 1.34. The van der Waals surface area contributed by atoms with Crippen molar-refractivity contribution >= 4 is 21.4 Å². The standard InChI is InChI=1S/C12H11ClN2O3S/c1-19(16,17)11-4-2-10(3-5-11)18-12-8-14-9(6-13)7-15-12/h2-5,7-8H,6H2,1H3. The molecule has 0 aliphatic heterocycles. The number of hydrogen-bond donors (Lipinski definition) is 0. The summed E-state index contributed by atoms with van der Waals surface area (Å²) in [5.41, 5.74) is 0.654. The molecule has 2 rings (SSSR count). The summed E-state index contributed by atoms with van der Waals surface area (Å²) >= 11 is 5.60. The second-order valence-corrected chi connectivity index (χ2v) is 6.11. The van der Waals surface area contributed by atoms with Crippen LogP contribution in [0.3, 0.4) is 0 Å². The number of rotatable bonds is 4. The van der Waals surface area contributed by atoms with Gasteiger partial charge < -0.3 is 4.74 Å². The molecule has 2 aromatic rings. The molecule has 5 nitrogen and oxygen atoms in total. The van der Waals surface area contributed by atoms with Gasteiger partial charge in [-0.3, -0.25) is 4.98 Å². The van der Waals surface area contributed by atoms with Crippen LogP contribution in [0.5, 0.6) is 11.6 Å². The molecule has 0 aliphatic carbocycles. The Bertz CT molecular complexity index is 654. The Kier molecular flexibility index (Phi) is 4.01. The summed E-state index contributed by atoms with van der Waals surface area (Å²) in [6.45, 7) is 0. The summed E-state index contributed by atoms with van der Waals surface area (Å²) in [5.74, 6) is 1.09. The monoisotopic (exact) mass is 298 g/mol. The highest BCUT2D eigenvalue weighted by molar-refractivity contribution is 7.90. The molecule has 100 valence electrons. The van der Waals surface area contributed by atoms with Crippen LogP contribution < -0.4 is 4.74 Å². The Hall–Kier alpha value is -1.66. The van der Waals surface area contributed by atoms with E-state index in [-0.39, 0.29) is 10.8 Å². The second kappa shape index (κ2) is 5.54. The van der Waals surface area contributed by atoms with E-state index in [1.54, 1.807) is 12.1 Å². The highest BCUT2D eigenvalue weighted by Crippen LogP contribution is 2.20. The predicted molar refractivity (Wildman–Crippen MR) is 71.2 cm³/mol. The van der Waals surface area contributed by atoms with Crippen molar-refractivity contribution in [2.75, 3.05) is 6.26 Å². The average molecular weight is 299 g/mol. The van der Waals surface area contributed by atoms with Crippen molar-refractivity contribution in [2.24, 2.45) is 0 Å². The molecule has 0 atom stereocenters. The van der Waals surface area contributed by atoms with Crippen LogP contribution in [0.25, 0.3) is 0 Å². The lowest BCUT2D eigenvalue weighted by molar-refractivity contribution is 0.459. The molecule has 1 heterocycles. The largest absolute Gasteiger partial charge is 0.438 e. The maximum absolute atomic E-state index is 11.3. The molecule has 0 saturated heterocycles. The van der Waals surface area contributed by atoms with Gasteiger partial charge in [-0.05, 0) is 24.3 Å². The van der Waals surface area contributed by atoms with Crippen LogP contribution in [0.15, 0.2) is 41.6 Å². The quantitative estimate of drug-likeness (QED) is 0.811. The van der Waals surface area contributed by atoms with Gasteiger partial charge in [-0.1, -0.05) is 0 Å². The molecule has 1 aromatic carbocycles. The number of benzene rings is 1. The van der Waals surface area contributed by atoms with Crippen LogP contribution in [0, 0.1) is 0 Å². The van der Waals surface area contributed by atoms with Gasteiger partial charge in [0.05, 0.1) is 28.9 Å². The van der Waals surface area contributed by atoms with Crippen LogP contribution in [-0.2, 0) is 15.7 Å². The van der Waals surface area contributed by atoms with E-state index < -0.39 is 9.84 Å². The van der Waals surface area contributed by atoms with E-state index in [0.717, 1.165) is 6.26 Å². The lowest BCUT2D eigenvalue weighted by Crippen LogP contribution is -1.97. The van der Waals surface area contributed by atoms with Crippen molar-refractivity contribution in [1.29, 1.82) is 0 Å². The van der Waals surface area contributed by atoms with Crippen LogP contribution in [-0.4, -0.2) is 24.6 Å². The summed E-state index contributed by atoms with van der Waals surface area (Å²) in [4.78, 5) is 8.30. The Morgan fingerprint density at radius 3 is 2.32 bits per heavy atom. The summed E-state index contributed by atoms with van der Waals surface area (Å²) in [6.07, 6.45) is 4.13. The molecule has 0 fully saturated rings. The number of alkyl halides is 1. The minimum absolute atomic E-state index is 0.239. The van der Waals surface area contributed by atoms with Gasteiger partial charge in [0.25, 0.3) is 0 Å². The maximum atomic E-state index is 11.3. The topological polar surface area (TPSA) is 69.2 Å².